The van der Waals surface area contributed by atoms with E-state index in [2.05, 4.69) is 29.5 Å². The van der Waals surface area contributed by atoms with Gasteiger partial charge in [0.15, 0.2) is 0 Å². The number of nitrogens with zero attached hydrogens (tertiary/aromatic N) is 1. The number of amides is 1. The van der Waals surface area contributed by atoms with E-state index in [0.29, 0.717) is 0 Å². The average Bonchev–Trinajstić information content (AvgIpc) is 2.28. The minimum absolute atomic E-state index is 0.177. The molecule has 1 aliphatic carbocycles. The van der Waals surface area contributed by atoms with E-state index < -0.39 is 0 Å². The van der Waals surface area contributed by atoms with Crippen LogP contribution in [0.25, 0.3) is 0 Å². The Balaban J connectivity index is 2.02. The van der Waals surface area contributed by atoms with Crippen LogP contribution >= 0.6 is 22.6 Å². The molecule has 0 unspecified atom stereocenters. The molecule has 0 radical (unpaired) electrons. The van der Waals surface area contributed by atoms with Crippen LogP contribution in [0.1, 0.15) is 36.5 Å². The maximum atomic E-state index is 12.3. The van der Waals surface area contributed by atoms with Gasteiger partial charge >= 0.3 is 0 Å². The highest BCUT2D eigenvalue weighted by atomic mass is 127. The zero-order valence-electron chi connectivity index (χ0n) is 10.2. The van der Waals surface area contributed by atoms with E-state index in [0.717, 1.165) is 24.6 Å². The van der Waals surface area contributed by atoms with Gasteiger partial charge in [-0.25, -0.2) is 0 Å². The fraction of sp³-hybridized carbons (Fsp3) is 0.500. The first-order chi connectivity index (χ1) is 8.20. The molecule has 1 saturated carbocycles. The normalized spacial score (nSPS) is 15.4. The lowest BCUT2D eigenvalue weighted by Gasteiger charge is -2.31. The molecule has 0 saturated heterocycles. The second-order valence-corrected chi connectivity index (χ2v) is 5.89. The molecule has 0 bridgehead atoms. The molecule has 1 aromatic rings. The Morgan fingerprint density at radius 2 is 2.00 bits per heavy atom. The Morgan fingerprint density at radius 3 is 2.47 bits per heavy atom. The topological polar surface area (TPSA) is 20.3 Å². The number of hydrogen-bond donors (Lipinski definition) is 0. The van der Waals surface area contributed by atoms with Crippen molar-refractivity contribution in [1.82, 2.24) is 4.90 Å². The van der Waals surface area contributed by atoms with Crippen molar-refractivity contribution in [1.29, 1.82) is 0 Å². The monoisotopic (exact) mass is 343 g/mol. The third kappa shape index (κ3) is 3.21. The summed E-state index contributed by atoms with van der Waals surface area (Å²) in [7, 11) is 0. The summed E-state index contributed by atoms with van der Waals surface area (Å²) in [5.74, 6) is 0.915. The average molecular weight is 343 g/mol. The molecule has 1 fully saturated rings. The predicted octanol–water partition coefficient (Wildman–Crippen LogP) is 3.55. The number of hydrogen-bond acceptors (Lipinski definition) is 1. The molecule has 2 rings (SSSR count). The number of rotatable bonds is 4. The highest BCUT2D eigenvalue weighted by Crippen LogP contribution is 2.27. The Morgan fingerprint density at radius 1 is 1.35 bits per heavy atom. The van der Waals surface area contributed by atoms with Crippen molar-refractivity contribution in [3.8, 4) is 0 Å². The van der Waals surface area contributed by atoms with E-state index in [1.165, 1.54) is 22.8 Å². The third-order valence-corrected chi connectivity index (χ3v) is 4.18. The van der Waals surface area contributed by atoms with E-state index in [9.17, 15) is 4.79 Å². The van der Waals surface area contributed by atoms with Gasteiger partial charge in [0.05, 0.1) is 0 Å². The van der Waals surface area contributed by atoms with Crippen LogP contribution in [0.2, 0.25) is 0 Å². The smallest absolute Gasteiger partial charge is 0.253 e. The van der Waals surface area contributed by atoms with Gasteiger partial charge in [-0.05, 0) is 72.5 Å². The molecular formula is C14H18INO. The number of carbonyl (C=O) groups excluding carboxylic acids is 1. The van der Waals surface area contributed by atoms with Gasteiger partial charge in [0.1, 0.15) is 0 Å². The molecule has 0 spiro atoms. The largest absolute Gasteiger partial charge is 0.339 e. The first-order valence-corrected chi connectivity index (χ1v) is 7.33. The second-order valence-electron chi connectivity index (χ2n) is 4.65. The van der Waals surface area contributed by atoms with Crippen LogP contribution in [0.4, 0.5) is 0 Å². The minimum atomic E-state index is 0.177. The van der Waals surface area contributed by atoms with Crippen molar-refractivity contribution < 1.29 is 4.79 Å². The van der Waals surface area contributed by atoms with Crippen LogP contribution in [0.15, 0.2) is 24.3 Å². The highest BCUT2D eigenvalue weighted by molar-refractivity contribution is 14.1. The van der Waals surface area contributed by atoms with Crippen LogP contribution in [0, 0.1) is 9.49 Å². The Labute approximate surface area is 117 Å². The van der Waals surface area contributed by atoms with E-state index in [-0.39, 0.29) is 5.91 Å². The highest BCUT2D eigenvalue weighted by Gasteiger charge is 2.23. The molecule has 0 heterocycles. The van der Waals surface area contributed by atoms with Crippen molar-refractivity contribution in [2.45, 2.75) is 26.2 Å². The molecule has 1 aliphatic rings. The molecule has 0 N–H and O–H groups in total. The maximum absolute atomic E-state index is 12.3. The number of halogens is 1. The lowest BCUT2D eigenvalue weighted by atomic mass is 9.85. The summed E-state index contributed by atoms with van der Waals surface area (Å²) in [4.78, 5) is 14.3. The van der Waals surface area contributed by atoms with Gasteiger partial charge in [0.25, 0.3) is 5.91 Å². The molecule has 2 nitrogen and oxygen atoms in total. The molecule has 0 aliphatic heterocycles. The van der Waals surface area contributed by atoms with Crippen molar-refractivity contribution >= 4 is 28.5 Å². The summed E-state index contributed by atoms with van der Waals surface area (Å²) in [6.45, 7) is 3.80. The molecule has 92 valence electrons. The maximum Gasteiger partial charge on any atom is 0.253 e. The Kier molecular flexibility index (Phi) is 4.42. The van der Waals surface area contributed by atoms with Crippen LogP contribution in [-0.2, 0) is 0 Å². The second kappa shape index (κ2) is 5.85. The first kappa shape index (κ1) is 12.9. The molecule has 17 heavy (non-hydrogen) atoms. The van der Waals surface area contributed by atoms with Crippen LogP contribution in [0.5, 0.6) is 0 Å². The summed E-state index contributed by atoms with van der Waals surface area (Å²) in [6, 6.07) is 7.83. The van der Waals surface area contributed by atoms with E-state index in [1.54, 1.807) is 0 Å². The predicted molar refractivity (Wildman–Crippen MR) is 78.1 cm³/mol. The third-order valence-electron chi connectivity index (χ3n) is 3.46. The zero-order valence-corrected chi connectivity index (χ0v) is 12.3. The molecule has 1 aromatic carbocycles. The standard InChI is InChI=1S/C14H18INO/c1-2-16(10-11-4-3-5-11)14(17)12-6-8-13(15)9-7-12/h6-9,11H,2-5,10H2,1H3. The summed E-state index contributed by atoms with van der Waals surface area (Å²) >= 11 is 2.26. The lowest BCUT2D eigenvalue weighted by Crippen LogP contribution is -2.37. The fourth-order valence-corrected chi connectivity index (χ4v) is 2.48. The van der Waals surface area contributed by atoms with Gasteiger partial charge in [-0.1, -0.05) is 6.42 Å². The molecule has 3 heteroatoms. The minimum Gasteiger partial charge on any atom is -0.339 e. The van der Waals surface area contributed by atoms with Crippen molar-refractivity contribution in [2.24, 2.45) is 5.92 Å². The quantitative estimate of drug-likeness (QED) is 0.766. The summed E-state index contributed by atoms with van der Waals surface area (Å²) < 4.78 is 1.17. The van der Waals surface area contributed by atoms with Crippen molar-refractivity contribution in [3.05, 3.63) is 33.4 Å². The van der Waals surface area contributed by atoms with Gasteiger partial charge in [0.2, 0.25) is 0 Å². The van der Waals surface area contributed by atoms with E-state index in [4.69, 9.17) is 0 Å². The van der Waals surface area contributed by atoms with Gasteiger partial charge in [-0.2, -0.15) is 0 Å². The zero-order chi connectivity index (χ0) is 12.3. The van der Waals surface area contributed by atoms with Crippen molar-refractivity contribution in [3.63, 3.8) is 0 Å². The van der Waals surface area contributed by atoms with Crippen molar-refractivity contribution in [2.75, 3.05) is 13.1 Å². The van der Waals surface area contributed by atoms with Gasteiger partial charge in [0, 0.05) is 22.2 Å². The van der Waals surface area contributed by atoms with Gasteiger partial charge in [-0.3, -0.25) is 4.79 Å². The van der Waals surface area contributed by atoms with E-state index in [1.807, 2.05) is 29.2 Å². The van der Waals surface area contributed by atoms with Gasteiger partial charge < -0.3 is 4.90 Å². The summed E-state index contributed by atoms with van der Waals surface area (Å²) in [6.07, 6.45) is 3.91. The van der Waals surface area contributed by atoms with Crippen LogP contribution < -0.4 is 0 Å². The number of benzene rings is 1. The van der Waals surface area contributed by atoms with Gasteiger partial charge in [-0.15, -0.1) is 0 Å². The summed E-state index contributed by atoms with van der Waals surface area (Å²) in [5.41, 5.74) is 0.812. The molecule has 0 aromatic heterocycles. The fourth-order valence-electron chi connectivity index (χ4n) is 2.12. The molecule has 0 atom stereocenters. The van der Waals surface area contributed by atoms with E-state index >= 15 is 0 Å². The van der Waals surface area contributed by atoms with Crippen LogP contribution in [0.3, 0.4) is 0 Å². The Bertz CT molecular complexity index is 384. The molecular weight excluding hydrogens is 325 g/mol. The number of carbonyl (C=O) groups is 1. The summed E-state index contributed by atoms with van der Waals surface area (Å²) in [5, 5.41) is 0. The molecule has 1 amide bonds. The first-order valence-electron chi connectivity index (χ1n) is 6.25. The Hall–Kier alpha value is -0.580. The van der Waals surface area contributed by atoms with Crippen LogP contribution in [-0.4, -0.2) is 23.9 Å². The SMILES string of the molecule is CCN(CC1CCC1)C(=O)c1ccc(I)cc1. The lowest BCUT2D eigenvalue weighted by molar-refractivity contribution is 0.0706.